The number of ether oxygens (including phenoxy) is 2. The van der Waals surface area contributed by atoms with Gasteiger partial charge in [-0.2, -0.15) is 0 Å². The molecule has 3 nitrogen and oxygen atoms in total. The number of benzene rings is 1. The minimum absolute atomic E-state index is 0.00679. The second kappa shape index (κ2) is 7.76. The molecule has 1 N–H and O–H groups in total. The minimum atomic E-state index is -0.231. The van der Waals surface area contributed by atoms with Crippen LogP contribution >= 0.6 is 15.9 Å². The Bertz CT molecular complexity index is 349. The van der Waals surface area contributed by atoms with E-state index in [4.69, 9.17) is 9.47 Å². The van der Waals surface area contributed by atoms with Crippen molar-refractivity contribution in [3.8, 4) is 0 Å². The van der Waals surface area contributed by atoms with Crippen LogP contribution in [0.1, 0.15) is 5.56 Å². The lowest BCUT2D eigenvalue weighted by Gasteiger charge is -2.15. The van der Waals surface area contributed by atoms with Crippen LogP contribution in [0.2, 0.25) is 0 Å². The van der Waals surface area contributed by atoms with E-state index in [0.29, 0.717) is 19.7 Å². The molecule has 0 aliphatic heterocycles. The zero-order valence-electron chi connectivity index (χ0n) is 10.0. The maximum absolute atomic E-state index is 13.0. The summed E-state index contributed by atoms with van der Waals surface area (Å²) in [5, 5.41) is 3.20. The molecule has 0 heterocycles. The fraction of sp³-hybridized carbons (Fsp3) is 0.500. The summed E-state index contributed by atoms with van der Waals surface area (Å²) in [6.07, 6.45) is 0.00679. The summed E-state index contributed by atoms with van der Waals surface area (Å²) >= 11 is 3.38. The van der Waals surface area contributed by atoms with Crippen molar-refractivity contribution in [2.45, 2.75) is 12.6 Å². The summed E-state index contributed by atoms with van der Waals surface area (Å²) in [6.45, 7) is 1.78. The molecule has 0 aliphatic rings. The maximum atomic E-state index is 13.0. The van der Waals surface area contributed by atoms with Crippen LogP contribution in [0.25, 0.3) is 0 Å². The first-order valence-corrected chi connectivity index (χ1v) is 6.13. The van der Waals surface area contributed by atoms with Crippen LogP contribution in [-0.4, -0.2) is 33.5 Å². The van der Waals surface area contributed by atoms with E-state index in [1.165, 1.54) is 12.1 Å². The standard InChI is InChI=1S/C12H17BrFNO2/c1-16-8-11(17-2)7-15-6-9-5-10(14)3-4-12(9)13/h3-5,11,15H,6-8H2,1-2H3. The highest BCUT2D eigenvalue weighted by Crippen LogP contribution is 2.17. The number of nitrogens with one attached hydrogen (secondary N) is 1. The van der Waals surface area contributed by atoms with E-state index in [-0.39, 0.29) is 11.9 Å². The lowest BCUT2D eigenvalue weighted by molar-refractivity contribution is 0.0288. The van der Waals surface area contributed by atoms with Gasteiger partial charge in [-0.25, -0.2) is 4.39 Å². The number of hydrogen-bond donors (Lipinski definition) is 1. The lowest BCUT2D eigenvalue weighted by Crippen LogP contribution is -2.31. The van der Waals surface area contributed by atoms with Gasteiger partial charge in [0.05, 0.1) is 12.7 Å². The summed E-state index contributed by atoms with van der Waals surface area (Å²) in [6, 6.07) is 4.64. The zero-order valence-corrected chi connectivity index (χ0v) is 11.6. The van der Waals surface area contributed by atoms with Crippen LogP contribution in [0.5, 0.6) is 0 Å². The Labute approximate surface area is 109 Å². The average Bonchev–Trinajstić information content (AvgIpc) is 2.32. The molecule has 0 spiro atoms. The molecule has 0 fully saturated rings. The van der Waals surface area contributed by atoms with Gasteiger partial charge < -0.3 is 14.8 Å². The lowest BCUT2D eigenvalue weighted by atomic mass is 10.2. The van der Waals surface area contributed by atoms with E-state index < -0.39 is 0 Å². The van der Waals surface area contributed by atoms with Gasteiger partial charge >= 0.3 is 0 Å². The van der Waals surface area contributed by atoms with Gasteiger partial charge in [0, 0.05) is 31.8 Å². The predicted octanol–water partition coefficient (Wildman–Crippen LogP) is 2.34. The molecular formula is C12H17BrFNO2. The summed E-state index contributed by atoms with van der Waals surface area (Å²) in [7, 11) is 3.28. The Kier molecular flexibility index (Phi) is 6.65. The molecule has 1 atom stereocenters. The first-order chi connectivity index (χ1) is 8.17. The van der Waals surface area contributed by atoms with Crippen molar-refractivity contribution >= 4 is 15.9 Å². The third-order valence-electron chi connectivity index (χ3n) is 2.38. The number of methoxy groups -OCH3 is 2. The minimum Gasteiger partial charge on any atom is -0.382 e. The molecule has 0 radical (unpaired) electrons. The highest BCUT2D eigenvalue weighted by Gasteiger charge is 2.07. The number of hydrogen-bond acceptors (Lipinski definition) is 3. The van der Waals surface area contributed by atoms with Crippen LogP contribution in [0.4, 0.5) is 4.39 Å². The molecule has 5 heteroatoms. The van der Waals surface area contributed by atoms with Crippen LogP contribution in [0.3, 0.4) is 0 Å². The van der Waals surface area contributed by atoms with Gasteiger partial charge in [-0.05, 0) is 23.8 Å². The SMILES string of the molecule is COCC(CNCc1cc(F)ccc1Br)OC. The Morgan fingerprint density at radius 1 is 1.41 bits per heavy atom. The van der Waals surface area contributed by atoms with E-state index >= 15 is 0 Å². The van der Waals surface area contributed by atoms with Crippen LogP contribution in [0.15, 0.2) is 22.7 Å². The molecule has 1 rings (SSSR count). The highest BCUT2D eigenvalue weighted by molar-refractivity contribution is 9.10. The molecule has 1 aromatic carbocycles. The molecule has 1 aromatic rings. The van der Waals surface area contributed by atoms with E-state index in [2.05, 4.69) is 21.2 Å². The molecule has 1 unspecified atom stereocenters. The van der Waals surface area contributed by atoms with Gasteiger partial charge in [-0.15, -0.1) is 0 Å². The molecule has 0 saturated heterocycles. The molecule has 0 aliphatic carbocycles. The second-order valence-electron chi connectivity index (χ2n) is 3.68. The molecule has 0 bridgehead atoms. The van der Waals surface area contributed by atoms with Gasteiger partial charge in [0.15, 0.2) is 0 Å². The maximum Gasteiger partial charge on any atom is 0.123 e. The fourth-order valence-corrected chi connectivity index (χ4v) is 1.83. The molecule has 0 amide bonds. The Morgan fingerprint density at radius 3 is 2.82 bits per heavy atom. The summed E-state index contributed by atoms with van der Waals surface area (Å²) in [5.41, 5.74) is 0.886. The van der Waals surface area contributed by atoms with Gasteiger partial charge in [0.25, 0.3) is 0 Å². The van der Waals surface area contributed by atoms with Crippen LogP contribution in [0, 0.1) is 5.82 Å². The van der Waals surface area contributed by atoms with Crippen molar-refractivity contribution < 1.29 is 13.9 Å². The number of rotatable bonds is 7. The van der Waals surface area contributed by atoms with Crippen LogP contribution in [-0.2, 0) is 16.0 Å². The number of halogens is 2. The monoisotopic (exact) mass is 305 g/mol. The van der Waals surface area contributed by atoms with Gasteiger partial charge in [-0.1, -0.05) is 15.9 Å². The molecule has 96 valence electrons. The zero-order chi connectivity index (χ0) is 12.7. The molecule has 0 saturated carbocycles. The third-order valence-corrected chi connectivity index (χ3v) is 3.15. The summed E-state index contributed by atoms with van der Waals surface area (Å²) in [5.74, 6) is -0.231. The van der Waals surface area contributed by atoms with E-state index in [0.717, 1.165) is 10.0 Å². The van der Waals surface area contributed by atoms with Crippen molar-refractivity contribution in [3.63, 3.8) is 0 Å². The predicted molar refractivity (Wildman–Crippen MR) is 68.5 cm³/mol. The molecular weight excluding hydrogens is 289 g/mol. The van der Waals surface area contributed by atoms with Crippen molar-refractivity contribution in [3.05, 3.63) is 34.1 Å². The van der Waals surface area contributed by atoms with E-state index in [9.17, 15) is 4.39 Å². The Morgan fingerprint density at radius 2 is 2.18 bits per heavy atom. The average molecular weight is 306 g/mol. The van der Waals surface area contributed by atoms with Gasteiger partial charge in [0.2, 0.25) is 0 Å². The van der Waals surface area contributed by atoms with Crippen molar-refractivity contribution in [1.82, 2.24) is 5.32 Å². The first-order valence-electron chi connectivity index (χ1n) is 5.33. The van der Waals surface area contributed by atoms with Crippen molar-refractivity contribution in [2.75, 3.05) is 27.4 Å². The summed E-state index contributed by atoms with van der Waals surface area (Å²) in [4.78, 5) is 0. The van der Waals surface area contributed by atoms with Gasteiger partial charge in [-0.3, -0.25) is 0 Å². The van der Waals surface area contributed by atoms with Crippen LogP contribution < -0.4 is 5.32 Å². The molecule has 17 heavy (non-hydrogen) atoms. The van der Waals surface area contributed by atoms with Crippen molar-refractivity contribution in [1.29, 1.82) is 0 Å². The third kappa shape index (κ3) is 5.12. The fourth-order valence-electron chi connectivity index (χ4n) is 1.44. The Hall–Kier alpha value is -0.490. The highest BCUT2D eigenvalue weighted by atomic mass is 79.9. The normalized spacial score (nSPS) is 12.7. The first kappa shape index (κ1) is 14.6. The van der Waals surface area contributed by atoms with Gasteiger partial charge in [0.1, 0.15) is 5.82 Å². The largest absolute Gasteiger partial charge is 0.382 e. The molecule has 0 aromatic heterocycles. The second-order valence-corrected chi connectivity index (χ2v) is 4.53. The topological polar surface area (TPSA) is 30.5 Å². The van der Waals surface area contributed by atoms with E-state index in [1.807, 2.05) is 0 Å². The Balaban J connectivity index is 2.42. The van der Waals surface area contributed by atoms with E-state index in [1.54, 1.807) is 20.3 Å². The smallest absolute Gasteiger partial charge is 0.123 e. The quantitative estimate of drug-likeness (QED) is 0.839. The van der Waals surface area contributed by atoms with Crippen molar-refractivity contribution in [2.24, 2.45) is 0 Å². The summed E-state index contributed by atoms with van der Waals surface area (Å²) < 4.78 is 24.1.